The highest BCUT2D eigenvalue weighted by Crippen LogP contribution is 2.10. The van der Waals surface area contributed by atoms with Crippen LogP contribution in [-0.4, -0.2) is 41.7 Å². The second-order valence-corrected chi connectivity index (χ2v) is 5.34. The number of aromatic nitrogens is 1. The summed E-state index contributed by atoms with van der Waals surface area (Å²) < 4.78 is 5.24. The summed E-state index contributed by atoms with van der Waals surface area (Å²) in [6, 6.07) is 5.45. The van der Waals surface area contributed by atoms with Crippen LogP contribution in [0.3, 0.4) is 0 Å². The van der Waals surface area contributed by atoms with E-state index in [4.69, 9.17) is 10.00 Å². The molecule has 0 aliphatic rings. The van der Waals surface area contributed by atoms with Gasteiger partial charge in [-0.2, -0.15) is 5.26 Å². The Morgan fingerprint density at radius 2 is 2.25 bits per heavy atom. The average Bonchev–Trinajstić information content (AvgIpc) is 2.37. The summed E-state index contributed by atoms with van der Waals surface area (Å²) in [6.45, 7) is 6.41. The van der Waals surface area contributed by atoms with Crippen LogP contribution in [0.1, 0.15) is 26.3 Å². The minimum Gasteiger partial charge on any atom is -0.444 e. The Morgan fingerprint density at radius 1 is 1.55 bits per heavy atom. The zero-order chi connectivity index (χ0) is 15.2. The van der Waals surface area contributed by atoms with Crippen molar-refractivity contribution in [1.29, 1.82) is 5.26 Å². The molecule has 0 aromatic carbocycles. The molecule has 0 aliphatic heterocycles. The van der Waals surface area contributed by atoms with Crippen LogP contribution < -0.4 is 5.32 Å². The fraction of sp³-hybridized carbons (Fsp3) is 0.500. The van der Waals surface area contributed by atoms with Gasteiger partial charge in [-0.1, -0.05) is 0 Å². The zero-order valence-electron chi connectivity index (χ0n) is 12.3. The topological polar surface area (TPSA) is 78.3 Å². The number of hydrogen-bond acceptors (Lipinski definition) is 5. The van der Waals surface area contributed by atoms with Crippen LogP contribution in [0.15, 0.2) is 18.3 Å². The molecule has 1 rings (SSSR count). The van der Waals surface area contributed by atoms with Gasteiger partial charge in [0.1, 0.15) is 17.5 Å². The number of hydrogen-bond donors (Lipinski definition) is 1. The molecule has 6 nitrogen and oxygen atoms in total. The fourth-order valence-electron chi connectivity index (χ4n) is 1.41. The Bertz CT molecular complexity index is 503. The Labute approximate surface area is 119 Å². The summed E-state index contributed by atoms with van der Waals surface area (Å²) in [5.41, 5.74) is -0.0271. The van der Waals surface area contributed by atoms with Crippen LogP contribution in [0, 0.1) is 11.3 Å². The van der Waals surface area contributed by atoms with Gasteiger partial charge in [0.25, 0.3) is 0 Å². The Hall–Kier alpha value is -2.29. The summed E-state index contributed by atoms with van der Waals surface area (Å²) in [4.78, 5) is 17.3. The van der Waals surface area contributed by atoms with Crippen molar-refractivity contribution in [3.8, 4) is 6.07 Å². The quantitative estimate of drug-likeness (QED) is 0.912. The van der Waals surface area contributed by atoms with E-state index in [-0.39, 0.29) is 6.09 Å². The van der Waals surface area contributed by atoms with Gasteiger partial charge >= 0.3 is 6.09 Å². The van der Waals surface area contributed by atoms with E-state index in [0.29, 0.717) is 24.5 Å². The Kier molecular flexibility index (Phi) is 5.32. The van der Waals surface area contributed by atoms with Crippen molar-refractivity contribution in [1.82, 2.24) is 9.88 Å². The third-order valence-corrected chi connectivity index (χ3v) is 2.37. The first kappa shape index (κ1) is 15.8. The maximum Gasteiger partial charge on any atom is 0.410 e. The zero-order valence-corrected chi connectivity index (χ0v) is 12.3. The molecule has 0 bridgehead atoms. The van der Waals surface area contributed by atoms with E-state index in [2.05, 4.69) is 16.4 Å². The molecule has 0 saturated heterocycles. The van der Waals surface area contributed by atoms with Crippen molar-refractivity contribution < 1.29 is 9.53 Å². The summed E-state index contributed by atoms with van der Waals surface area (Å²) in [7, 11) is 1.67. The van der Waals surface area contributed by atoms with Crippen molar-refractivity contribution in [3.63, 3.8) is 0 Å². The number of rotatable bonds is 4. The van der Waals surface area contributed by atoms with Crippen molar-refractivity contribution in [3.05, 3.63) is 23.9 Å². The van der Waals surface area contributed by atoms with Crippen molar-refractivity contribution in [2.75, 3.05) is 25.5 Å². The summed E-state index contributed by atoms with van der Waals surface area (Å²) in [5, 5.41) is 12.0. The molecule has 1 amide bonds. The molecule has 0 saturated carbocycles. The van der Waals surface area contributed by atoms with E-state index in [1.54, 1.807) is 25.4 Å². The summed E-state index contributed by atoms with van der Waals surface area (Å²) >= 11 is 0. The van der Waals surface area contributed by atoms with Gasteiger partial charge in [-0.25, -0.2) is 9.78 Å². The maximum atomic E-state index is 11.7. The number of amides is 1. The minimum atomic E-state index is -0.506. The SMILES string of the molecule is CN(CCNc1ncccc1C#N)C(=O)OC(C)(C)C. The largest absolute Gasteiger partial charge is 0.444 e. The Morgan fingerprint density at radius 3 is 2.85 bits per heavy atom. The van der Waals surface area contributed by atoms with Crippen LogP contribution in [0.5, 0.6) is 0 Å². The first-order valence-corrected chi connectivity index (χ1v) is 6.36. The molecule has 1 heterocycles. The lowest BCUT2D eigenvalue weighted by Gasteiger charge is -2.24. The molecular formula is C14H20N4O2. The highest BCUT2D eigenvalue weighted by atomic mass is 16.6. The molecule has 0 radical (unpaired) electrons. The van der Waals surface area contributed by atoms with Gasteiger partial charge in [-0.15, -0.1) is 0 Å². The van der Waals surface area contributed by atoms with E-state index in [1.807, 2.05) is 20.8 Å². The molecule has 6 heteroatoms. The predicted octanol–water partition coefficient (Wildman–Crippen LogP) is 2.23. The number of carbonyl (C=O) groups is 1. The van der Waals surface area contributed by atoms with Gasteiger partial charge in [0.2, 0.25) is 0 Å². The molecule has 0 atom stereocenters. The third-order valence-electron chi connectivity index (χ3n) is 2.37. The van der Waals surface area contributed by atoms with Crippen LogP contribution >= 0.6 is 0 Å². The van der Waals surface area contributed by atoms with Crippen LogP contribution in [0.2, 0.25) is 0 Å². The highest BCUT2D eigenvalue weighted by Gasteiger charge is 2.19. The van der Waals surface area contributed by atoms with Crippen LogP contribution in [-0.2, 0) is 4.74 Å². The first-order valence-electron chi connectivity index (χ1n) is 6.36. The molecule has 1 aromatic heterocycles. The van der Waals surface area contributed by atoms with Crippen molar-refractivity contribution in [2.45, 2.75) is 26.4 Å². The first-order chi connectivity index (χ1) is 9.33. The normalized spacial score (nSPS) is 10.6. The van der Waals surface area contributed by atoms with Gasteiger partial charge in [0.15, 0.2) is 0 Å². The molecule has 0 fully saturated rings. The van der Waals surface area contributed by atoms with E-state index < -0.39 is 5.60 Å². The van der Waals surface area contributed by atoms with Crippen molar-refractivity contribution >= 4 is 11.9 Å². The molecular weight excluding hydrogens is 256 g/mol. The van der Waals surface area contributed by atoms with E-state index >= 15 is 0 Å². The number of nitriles is 1. The maximum absolute atomic E-state index is 11.7. The number of nitrogens with zero attached hydrogens (tertiary/aromatic N) is 3. The molecule has 1 aromatic rings. The number of ether oxygens (including phenoxy) is 1. The second-order valence-electron chi connectivity index (χ2n) is 5.34. The van der Waals surface area contributed by atoms with E-state index in [0.717, 1.165) is 0 Å². The summed E-state index contributed by atoms with van der Waals surface area (Å²) in [6.07, 6.45) is 1.24. The third kappa shape index (κ3) is 5.14. The van der Waals surface area contributed by atoms with Gasteiger partial charge in [0.05, 0.1) is 5.56 Å². The van der Waals surface area contributed by atoms with Gasteiger partial charge in [0, 0.05) is 26.3 Å². The number of likely N-dealkylation sites (N-methyl/N-ethyl adjacent to an activating group) is 1. The molecule has 20 heavy (non-hydrogen) atoms. The van der Waals surface area contributed by atoms with E-state index in [9.17, 15) is 4.79 Å². The molecule has 1 N–H and O–H groups in total. The number of anilines is 1. The fourth-order valence-corrected chi connectivity index (χ4v) is 1.41. The molecule has 0 unspecified atom stereocenters. The lowest BCUT2D eigenvalue weighted by molar-refractivity contribution is 0.0305. The molecule has 0 spiro atoms. The number of nitrogens with one attached hydrogen (secondary N) is 1. The number of carbonyl (C=O) groups excluding carboxylic acids is 1. The highest BCUT2D eigenvalue weighted by molar-refractivity contribution is 5.67. The predicted molar refractivity (Wildman–Crippen MR) is 76.3 cm³/mol. The smallest absolute Gasteiger partial charge is 0.410 e. The second kappa shape index (κ2) is 6.75. The average molecular weight is 276 g/mol. The molecule has 108 valence electrons. The van der Waals surface area contributed by atoms with E-state index in [1.165, 1.54) is 4.90 Å². The van der Waals surface area contributed by atoms with Crippen LogP contribution in [0.4, 0.5) is 10.6 Å². The lowest BCUT2D eigenvalue weighted by Crippen LogP contribution is -2.36. The van der Waals surface area contributed by atoms with Gasteiger partial charge in [-0.3, -0.25) is 0 Å². The molecule has 0 aliphatic carbocycles. The van der Waals surface area contributed by atoms with Gasteiger partial charge < -0.3 is 15.0 Å². The van der Waals surface area contributed by atoms with Gasteiger partial charge in [-0.05, 0) is 32.9 Å². The monoisotopic (exact) mass is 276 g/mol. The Balaban J connectivity index is 2.45. The standard InChI is InChI=1S/C14H20N4O2/c1-14(2,3)20-13(19)18(4)9-8-17-12-11(10-15)6-5-7-16-12/h5-7H,8-9H2,1-4H3,(H,16,17). The minimum absolute atomic E-state index is 0.374. The van der Waals surface area contributed by atoms with Crippen molar-refractivity contribution in [2.24, 2.45) is 0 Å². The lowest BCUT2D eigenvalue weighted by atomic mass is 10.2. The van der Waals surface area contributed by atoms with Crippen LogP contribution in [0.25, 0.3) is 0 Å². The summed E-state index contributed by atoms with van der Waals surface area (Å²) in [5.74, 6) is 0.521. The number of pyridine rings is 1.